The van der Waals surface area contributed by atoms with Crippen molar-refractivity contribution in [3.63, 3.8) is 0 Å². The number of anilines is 1. The minimum absolute atomic E-state index is 0.0765. The lowest BCUT2D eigenvalue weighted by Crippen LogP contribution is -2.36. The fraction of sp³-hybridized carbons (Fsp3) is 0.417. The summed E-state index contributed by atoms with van der Waals surface area (Å²) in [5, 5.41) is 5.48. The van der Waals surface area contributed by atoms with Crippen LogP contribution in [-0.2, 0) is 4.79 Å². The van der Waals surface area contributed by atoms with Gasteiger partial charge in [0.15, 0.2) is 5.82 Å². The Hall–Kier alpha value is -1.00. The standard InChI is InChI=1S/C12H15Cl2FN2O/c1-3-7(2)17-11(18)6-16-8-4-9(13)12(15)10(14)5-8/h4-5,7,16H,3,6H2,1-2H3,(H,17,18). The molecule has 1 unspecified atom stereocenters. The first-order valence-electron chi connectivity index (χ1n) is 5.61. The summed E-state index contributed by atoms with van der Waals surface area (Å²) < 4.78 is 13.2. The predicted molar refractivity (Wildman–Crippen MR) is 72.8 cm³/mol. The molecule has 0 radical (unpaired) electrons. The molecule has 0 saturated carbocycles. The maximum atomic E-state index is 13.2. The van der Waals surface area contributed by atoms with E-state index in [9.17, 15) is 9.18 Å². The maximum absolute atomic E-state index is 13.2. The summed E-state index contributed by atoms with van der Waals surface area (Å²) in [5.74, 6) is -0.797. The van der Waals surface area contributed by atoms with Crippen molar-refractivity contribution >= 4 is 34.8 Å². The van der Waals surface area contributed by atoms with Crippen molar-refractivity contribution in [2.24, 2.45) is 0 Å². The van der Waals surface area contributed by atoms with Gasteiger partial charge in [-0.05, 0) is 25.5 Å². The van der Waals surface area contributed by atoms with E-state index in [1.807, 2.05) is 13.8 Å². The summed E-state index contributed by atoms with van der Waals surface area (Å²) in [5.41, 5.74) is 0.505. The number of nitrogens with one attached hydrogen (secondary N) is 2. The highest BCUT2D eigenvalue weighted by Gasteiger charge is 2.09. The Morgan fingerprint density at radius 3 is 2.44 bits per heavy atom. The van der Waals surface area contributed by atoms with Gasteiger partial charge in [-0.1, -0.05) is 30.1 Å². The van der Waals surface area contributed by atoms with Crippen molar-refractivity contribution in [2.75, 3.05) is 11.9 Å². The molecule has 0 fully saturated rings. The lowest BCUT2D eigenvalue weighted by Gasteiger charge is -2.12. The smallest absolute Gasteiger partial charge is 0.239 e. The number of amides is 1. The van der Waals surface area contributed by atoms with Gasteiger partial charge in [-0.2, -0.15) is 0 Å². The van der Waals surface area contributed by atoms with Gasteiger partial charge in [0.05, 0.1) is 16.6 Å². The highest BCUT2D eigenvalue weighted by atomic mass is 35.5. The van der Waals surface area contributed by atoms with E-state index >= 15 is 0 Å². The molecule has 0 aliphatic rings. The van der Waals surface area contributed by atoms with Crippen LogP contribution in [0.25, 0.3) is 0 Å². The van der Waals surface area contributed by atoms with Gasteiger partial charge in [0.2, 0.25) is 5.91 Å². The summed E-state index contributed by atoms with van der Waals surface area (Å²) in [6.07, 6.45) is 0.861. The molecule has 0 spiro atoms. The number of carbonyl (C=O) groups excluding carboxylic acids is 1. The summed E-state index contributed by atoms with van der Waals surface area (Å²) in [4.78, 5) is 11.5. The largest absolute Gasteiger partial charge is 0.376 e. The van der Waals surface area contributed by atoms with Crippen LogP contribution in [0.3, 0.4) is 0 Å². The lowest BCUT2D eigenvalue weighted by molar-refractivity contribution is -0.120. The number of rotatable bonds is 5. The van der Waals surface area contributed by atoms with Crippen LogP contribution in [0.4, 0.5) is 10.1 Å². The Kier molecular flexibility index (Phi) is 5.69. The molecule has 6 heteroatoms. The van der Waals surface area contributed by atoms with Gasteiger partial charge in [-0.3, -0.25) is 4.79 Å². The van der Waals surface area contributed by atoms with Crippen molar-refractivity contribution in [3.8, 4) is 0 Å². The molecular formula is C12H15Cl2FN2O. The minimum Gasteiger partial charge on any atom is -0.376 e. The highest BCUT2D eigenvalue weighted by molar-refractivity contribution is 6.35. The van der Waals surface area contributed by atoms with Crippen LogP contribution < -0.4 is 10.6 Å². The first kappa shape index (κ1) is 15.1. The van der Waals surface area contributed by atoms with Gasteiger partial charge in [0, 0.05) is 11.7 Å². The summed E-state index contributed by atoms with van der Waals surface area (Å²) in [6.45, 7) is 3.99. The molecule has 0 aliphatic carbocycles. The van der Waals surface area contributed by atoms with E-state index < -0.39 is 5.82 Å². The zero-order chi connectivity index (χ0) is 13.7. The lowest BCUT2D eigenvalue weighted by atomic mass is 10.2. The molecule has 1 rings (SSSR count). The Morgan fingerprint density at radius 2 is 1.94 bits per heavy atom. The fourth-order valence-electron chi connectivity index (χ4n) is 1.27. The van der Waals surface area contributed by atoms with Crippen molar-refractivity contribution in [2.45, 2.75) is 26.3 Å². The van der Waals surface area contributed by atoms with E-state index in [2.05, 4.69) is 10.6 Å². The Morgan fingerprint density at radius 1 is 1.39 bits per heavy atom. The van der Waals surface area contributed by atoms with Crippen LogP contribution in [0.2, 0.25) is 10.0 Å². The molecule has 1 atom stereocenters. The predicted octanol–water partition coefficient (Wildman–Crippen LogP) is 3.46. The number of hydrogen-bond donors (Lipinski definition) is 2. The Labute approximate surface area is 116 Å². The maximum Gasteiger partial charge on any atom is 0.239 e. The van der Waals surface area contributed by atoms with Crippen molar-refractivity contribution in [1.29, 1.82) is 0 Å². The van der Waals surface area contributed by atoms with Crippen molar-refractivity contribution < 1.29 is 9.18 Å². The third-order valence-electron chi connectivity index (χ3n) is 2.46. The topological polar surface area (TPSA) is 41.1 Å². The van der Waals surface area contributed by atoms with Gasteiger partial charge in [0.25, 0.3) is 0 Å². The molecule has 100 valence electrons. The van der Waals surface area contributed by atoms with Gasteiger partial charge in [-0.15, -0.1) is 0 Å². The van der Waals surface area contributed by atoms with Crippen LogP contribution in [0.15, 0.2) is 12.1 Å². The van der Waals surface area contributed by atoms with Gasteiger partial charge < -0.3 is 10.6 Å². The molecule has 0 bridgehead atoms. The van der Waals surface area contributed by atoms with Crippen LogP contribution in [0.5, 0.6) is 0 Å². The molecule has 1 aromatic carbocycles. The third kappa shape index (κ3) is 4.35. The summed E-state index contributed by atoms with van der Waals surface area (Å²) in [6, 6.07) is 2.90. The highest BCUT2D eigenvalue weighted by Crippen LogP contribution is 2.27. The van der Waals surface area contributed by atoms with E-state index in [1.54, 1.807) is 0 Å². The molecular weight excluding hydrogens is 278 g/mol. The van der Waals surface area contributed by atoms with Gasteiger partial charge in [0.1, 0.15) is 0 Å². The number of benzene rings is 1. The van der Waals surface area contributed by atoms with E-state index in [0.29, 0.717) is 5.69 Å². The second-order valence-corrected chi connectivity index (χ2v) is 4.80. The number of halogens is 3. The quantitative estimate of drug-likeness (QED) is 0.816. The molecule has 1 amide bonds. The Bertz CT molecular complexity index is 417. The normalized spacial score (nSPS) is 12.1. The van der Waals surface area contributed by atoms with Crippen LogP contribution in [0.1, 0.15) is 20.3 Å². The van der Waals surface area contributed by atoms with E-state index in [0.717, 1.165) is 6.42 Å². The van der Waals surface area contributed by atoms with Crippen LogP contribution >= 0.6 is 23.2 Å². The van der Waals surface area contributed by atoms with Crippen LogP contribution in [0, 0.1) is 5.82 Å². The van der Waals surface area contributed by atoms with Gasteiger partial charge >= 0.3 is 0 Å². The third-order valence-corrected chi connectivity index (χ3v) is 3.01. The number of hydrogen-bond acceptors (Lipinski definition) is 2. The fourth-order valence-corrected chi connectivity index (χ4v) is 1.75. The van der Waals surface area contributed by atoms with E-state index in [1.165, 1.54) is 12.1 Å². The molecule has 3 nitrogen and oxygen atoms in total. The average Bonchev–Trinajstić information content (AvgIpc) is 2.33. The second-order valence-electron chi connectivity index (χ2n) is 3.98. The van der Waals surface area contributed by atoms with Crippen molar-refractivity contribution in [3.05, 3.63) is 28.0 Å². The first-order chi connectivity index (χ1) is 8.43. The van der Waals surface area contributed by atoms with Crippen LogP contribution in [-0.4, -0.2) is 18.5 Å². The average molecular weight is 293 g/mol. The monoisotopic (exact) mass is 292 g/mol. The first-order valence-corrected chi connectivity index (χ1v) is 6.37. The van der Waals surface area contributed by atoms with Crippen molar-refractivity contribution in [1.82, 2.24) is 5.32 Å². The number of carbonyl (C=O) groups is 1. The zero-order valence-electron chi connectivity index (χ0n) is 10.2. The SMILES string of the molecule is CCC(C)NC(=O)CNc1cc(Cl)c(F)c(Cl)c1. The zero-order valence-corrected chi connectivity index (χ0v) is 11.7. The second kappa shape index (κ2) is 6.81. The molecule has 0 heterocycles. The molecule has 18 heavy (non-hydrogen) atoms. The molecule has 2 N–H and O–H groups in total. The molecule has 0 saturated heterocycles. The Balaban J connectivity index is 2.56. The molecule has 0 aromatic heterocycles. The summed E-state index contributed by atoms with van der Waals surface area (Å²) in [7, 11) is 0. The van der Waals surface area contributed by atoms with E-state index in [4.69, 9.17) is 23.2 Å². The summed E-state index contributed by atoms with van der Waals surface area (Å²) >= 11 is 11.3. The minimum atomic E-state index is -0.659. The molecule has 0 aliphatic heterocycles. The van der Waals surface area contributed by atoms with E-state index in [-0.39, 0.29) is 28.5 Å². The van der Waals surface area contributed by atoms with Gasteiger partial charge in [-0.25, -0.2) is 4.39 Å². The molecule has 1 aromatic rings.